The number of rotatable bonds is 2. The van der Waals surface area contributed by atoms with E-state index in [0.717, 1.165) is 10.8 Å². The number of halogens is 1. The molecule has 1 N–H and O–H groups in total. The summed E-state index contributed by atoms with van der Waals surface area (Å²) in [6.07, 6.45) is 0.637. The van der Waals surface area contributed by atoms with Crippen LogP contribution < -0.4 is 5.32 Å². The van der Waals surface area contributed by atoms with Crippen molar-refractivity contribution in [2.45, 2.75) is 44.9 Å². The minimum Gasteiger partial charge on any atom is -0.444 e. The first kappa shape index (κ1) is 13.0. The summed E-state index contributed by atoms with van der Waals surface area (Å²) in [7, 11) is 0. The molecule has 0 radical (unpaired) electrons. The zero-order valence-electron chi connectivity index (χ0n) is 9.38. The molecular weight excluding hydrogens is 309 g/mol. The van der Waals surface area contributed by atoms with Gasteiger partial charge in [0.1, 0.15) is 5.60 Å². The van der Waals surface area contributed by atoms with E-state index in [4.69, 9.17) is 9.47 Å². The molecule has 0 aromatic rings. The Balaban J connectivity index is 2.37. The van der Waals surface area contributed by atoms with Crippen LogP contribution in [0.2, 0.25) is 0 Å². The molecule has 0 aromatic heterocycles. The number of hydrogen-bond donors (Lipinski definition) is 1. The van der Waals surface area contributed by atoms with Gasteiger partial charge in [-0.3, -0.25) is 0 Å². The highest BCUT2D eigenvalue weighted by Gasteiger charge is 2.30. The molecule has 0 unspecified atom stereocenters. The summed E-state index contributed by atoms with van der Waals surface area (Å²) in [5.41, 5.74) is -0.441. The van der Waals surface area contributed by atoms with Gasteiger partial charge < -0.3 is 14.8 Å². The Morgan fingerprint density at radius 1 is 1.60 bits per heavy atom. The van der Waals surface area contributed by atoms with Crippen LogP contribution in [0.15, 0.2) is 0 Å². The van der Waals surface area contributed by atoms with E-state index in [1.54, 1.807) is 0 Å². The molecule has 0 aromatic carbocycles. The third kappa shape index (κ3) is 4.55. The Bertz CT molecular complexity index is 227. The predicted molar refractivity (Wildman–Crippen MR) is 66.4 cm³/mol. The number of carbonyl (C=O) groups is 1. The zero-order valence-corrected chi connectivity index (χ0v) is 11.5. The highest BCUT2D eigenvalue weighted by Crippen LogP contribution is 2.16. The lowest BCUT2D eigenvalue weighted by molar-refractivity contribution is 0.0467. The Morgan fingerprint density at radius 2 is 2.27 bits per heavy atom. The minimum absolute atomic E-state index is 0.0942. The maximum atomic E-state index is 11.5. The van der Waals surface area contributed by atoms with Gasteiger partial charge in [-0.25, -0.2) is 4.79 Å². The van der Waals surface area contributed by atoms with Crippen LogP contribution in [0, 0.1) is 0 Å². The largest absolute Gasteiger partial charge is 0.444 e. The van der Waals surface area contributed by atoms with Crippen LogP contribution in [-0.4, -0.2) is 34.9 Å². The molecule has 1 rings (SSSR count). The van der Waals surface area contributed by atoms with E-state index in [9.17, 15) is 4.79 Å². The van der Waals surface area contributed by atoms with E-state index in [0.29, 0.717) is 6.61 Å². The van der Waals surface area contributed by atoms with Crippen LogP contribution in [0.1, 0.15) is 27.2 Å². The van der Waals surface area contributed by atoms with E-state index in [2.05, 4.69) is 27.9 Å². The van der Waals surface area contributed by atoms with Gasteiger partial charge in [-0.1, -0.05) is 22.6 Å². The second-order valence-corrected chi connectivity index (χ2v) is 5.49. The van der Waals surface area contributed by atoms with Crippen LogP contribution in [0.4, 0.5) is 4.79 Å². The lowest BCUT2D eigenvalue weighted by Crippen LogP contribution is -2.43. The Labute approximate surface area is 104 Å². The van der Waals surface area contributed by atoms with Crippen LogP contribution in [0.3, 0.4) is 0 Å². The lowest BCUT2D eigenvalue weighted by Gasteiger charge is -2.23. The summed E-state index contributed by atoms with van der Waals surface area (Å²) in [4.78, 5) is 11.5. The third-order valence-electron chi connectivity index (χ3n) is 2.06. The molecule has 1 amide bonds. The van der Waals surface area contributed by atoms with Crippen molar-refractivity contribution in [3.63, 3.8) is 0 Å². The molecule has 15 heavy (non-hydrogen) atoms. The highest BCUT2D eigenvalue weighted by molar-refractivity contribution is 14.1. The minimum atomic E-state index is -0.441. The molecule has 1 aliphatic heterocycles. The fourth-order valence-electron chi connectivity index (χ4n) is 1.42. The van der Waals surface area contributed by atoms with Crippen LogP contribution >= 0.6 is 22.6 Å². The summed E-state index contributed by atoms with van der Waals surface area (Å²) >= 11 is 2.26. The Kier molecular flexibility index (Phi) is 4.64. The van der Waals surface area contributed by atoms with Gasteiger partial charge in [0.2, 0.25) is 0 Å². The number of alkyl carbamates (subject to hydrolysis) is 1. The lowest BCUT2D eigenvalue weighted by atomic mass is 10.1. The Hall–Kier alpha value is -0.0400. The number of alkyl halides is 1. The zero-order chi connectivity index (χ0) is 11.5. The van der Waals surface area contributed by atoms with Gasteiger partial charge in [0.25, 0.3) is 0 Å². The van der Waals surface area contributed by atoms with Crippen molar-refractivity contribution < 1.29 is 14.3 Å². The summed E-state index contributed by atoms with van der Waals surface area (Å²) in [5, 5.41) is 2.85. The van der Waals surface area contributed by atoms with Gasteiger partial charge in [0.05, 0.1) is 12.1 Å². The van der Waals surface area contributed by atoms with Gasteiger partial charge in [-0.15, -0.1) is 0 Å². The summed E-state index contributed by atoms with van der Waals surface area (Å²) in [5.74, 6) is 0. The normalized spacial score (nSPS) is 26.4. The van der Waals surface area contributed by atoms with E-state index in [1.165, 1.54) is 0 Å². The van der Waals surface area contributed by atoms with Gasteiger partial charge in [0.15, 0.2) is 0 Å². The molecule has 1 aliphatic rings. The summed E-state index contributed by atoms with van der Waals surface area (Å²) in [6.45, 7) is 6.28. The third-order valence-corrected chi connectivity index (χ3v) is 2.93. The van der Waals surface area contributed by atoms with E-state index in [-0.39, 0.29) is 18.2 Å². The summed E-state index contributed by atoms with van der Waals surface area (Å²) in [6, 6.07) is 0.0942. The molecule has 0 saturated carbocycles. The Morgan fingerprint density at radius 3 is 2.80 bits per heavy atom. The fraction of sp³-hybridized carbons (Fsp3) is 0.900. The van der Waals surface area contributed by atoms with Crippen LogP contribution in [0.5, 0.6) is 0 Å². The van der Waals surface area contributed by atoms with Gasteiger partial charge >= 0.3 is 6.09 Å². The number of ether oxygens (including phenoxy) is 2. The van der Waals surface area contributed by atoms with Crippen molar-refractivity contribution in [3.05, 3.63) is 0 Å². The van der Waals surface area contributed by atoms with Crippen molar-refractivity contribution in [1.82, 2.24) is 5.32 Å². The van der Waals surface area contributed by atoms with Gasteiger partial charge in [-0.05, 0) is 27.2 Å². The molecule has 0 aliphatic carbocycles. The van der Waals surface area contributed by atoms with Crippen LogP contribution in [0.25, 0.3) is 0 Å². The average molecular weight is 327 g/mol. The molecule has 4 nitrogen and oxygen atoms in total. The average Bonchev–Trinajstić information content (AvgIpc) is 2.48. The topological polar surface area (TPSA) is 47.6 Å². The van der Waals surface area contributed by atoms with Crippen molar-refractivity contribution >= 4 is 28.7 Å². The number of carbonyl (C=O) groups excluding carboxylic acids is 1. The molecule has 0 bridgehead atoms. The first-order valence-electron chi connectivity index (χ1n) is 5.09. The second-order valence-electron chi connectivity index (χ2n) is 4.60. The molecule has 1 fully saturated rings. The first-order chi connectivity index (χ1) is 6.92. The van der Waals surface area contributed by atoms with Crippen molar-refractivity contribution in [3.8, 4) is 0 Å². The molecular formula is C10H18INO3. The molecule has 88 valence electrons. The van der Waals surface area contributed by atoms with Crippen molar-refractivity contribution in [2.75, 3.05) is 11.0 Å². The number of nitrogens with one attached hydrogen (secondary N) is 1. The van der Waals surface area contributed by atoms with Crippen molar-refractivity contribution in [2.24, 2.45) is 0 Å². The van der Waals surface area contributed by atoms with Gasteiger partial charge in [0, 0.05) is 11.0 Å². The van der Waals surface area contributed by atoms with Crippen molar-refractivity contribution in [1.29, 1.82) is 0 Å². The number of amides is 1. The summed E-state index contributed by atoms with van der Waals surface area (Å²) < 4.78 is 11.5. The quantitative estimate of drug-likeness (QED) is 0.624. The number of hydrogen-bond acceptors (Lipinski definition) is 3. The molecule has 1 saturated heterocycles. The monoisotopic (exact) mass is 327 g/mol. The SMILES string of the molecule is CC(C)(C)OC(=O)N[C@@H]1CCO[C@H]1CI. The second kappa shape index (κ2) is 5.34. The first-order valence-corrected chi connectivity index (χ1v) is 6.62. The smallest absolute Gasteiger partial charge is 0.407 e. The van der Waals surface area contributed by atoms with E-state index in [1.807, 2.05) is 20.8 Å². The standard InChI is InChI=1S/C10H18INO3/c1-10(2,3)15-9(13)12-7-4-5-14-8(7)6-11/h7-8H,4-6H2,1-3H3,(H,12,13)/t7-,8+/m1/s1. The predicted octanol–water partition coefficient (Wildman–Crippen LogP) is 2.10. The maximum Gasteiger partial charge on any atom is 0.407 e. The fourth-order valence-corrected chi connectivity index (χ4v) is 2.29. The molecule has 5 heteroatoms. The molecule has 0 spiro atoms. The van der Waals surface area contributed by atoms with Crippen LogP contribution in [-0.2, 0) is 9.47 Å². The molecule has 2 atom stereocenters. The molecule has 1 heterocycles. The maximum absolute atomic E-state index is 11.5. The van der Waals surface area contributed by atoms with E-state index < -0.39 is 5.60 Å². The van der Waals surface area contributed by atoms with E-state index >= 15 is 0 Å². The highest BCUT2D eigenvalue weighted by atomic mass is 127. The van der Waals surface area contributed by atoms with Gasteiger partial charge in [-0.2, -0.15) is 0 Å².